The van der Waals surface area contributed by atoms with Crippen LogP contribution in [0.2, 0.25) is 0 Å². The predicted octanol–water partition coefficient (Wildman–Crippen LogP) is 4.93. The van der Waals surface area contributed by atoms with Gasteiger partial charge in [0.15, 0.2) is 5.13 Å². The topological polar surface area (TPSA) is 67.2 Å². The Kier molecular flexibility index (Phi) is 4.99. The molecule has 0 aliphatic carbocycles. The predicted molar refractivity (Wildman–Crippen MR) is 92.3 cm³/mol. The van der Waals surface area contributed by atoms with E-state index in [-0.39, 0.29) is 5.69 Å². The molecule has 0 spiro atoms. The third kappa shape index (κ3) is 4.23. The lowest BCUT2D eigenvalue weighted by atomic mass is 10.2. The Hall–Kier alpha value is -2.81. The van der Waals surface area contributed by atoms with Gasteiger partial charge in [0.25, 0.3) is 5.91 Å². The number of thiazole rings is 1. The number of anilines is 2. The zero-order chi connectivity index (χ0) is 18.7. The van der Waals surface area contributed by atoms with Gasteiger partial charge >= 0.3 is 6.18 Å². The second kappa shape index (κ2) is 7.20. The van der Waals surface area contributed by atoms with Crippen molar-refractivity contribution in [1.29, 1.82) is 0 Å². The fourth-order valence-corrected chi connectivity index (χ4v) is 3.08. The monoisotopic (exact) mass is 381 g/mol. The van der Waals surface area contributed by atoms with Crippen LogP contribution in [0, 0.1) is 6.92 Å². The number of amides is 1. The number of aromatic nitrogens is 1. The second-order valence-electron chi connectivity index (χ2n) is 5.40. The number of nitrogens with zero attached hydrogens (tertiary/aromatic N) is 1. The Morgan fingerprint density at radius 2 is 2.08 bits per heavy atom. The summed E-state index contributed by atoms with van der Waals surface area (Å²) in [5.41, 5.74) is -0.263. The van der Waals surface area contributed by atoms with E-state index in [0.29, 0.717) is 28.0 Å². The van der Waals surface area contributed by atoms with Crippen molar-refractivity contribution < 1.29 is 22.4 Å². The lowest BCUT2D eigenvalue weighted by Gasteiger charge is -2.09. The molecule has 3 aromatic rings. The number of carbonyl (C=O) groups excluding carboxylic acids is 1. The minimum Gasteiger partial charge on any atom is -0.467 e. The van der Waals surface area contributed by atoms with Crippen LogP contribution in [0.15, 0.2) is 47.1 Å². The van der Waals surface area contributed by atoms with Gasteiger partial charge in [0.2, 0.25) is 0 Å². The summed E-state index contributed by atoms with van der Waals surface area (Å²) < 4.78 is 43.5. The number of hydrogen-bond acceptors (Lipinski definition) is 5. The third-order valence-electron chi connectivity index (χ3n) is 3.44. The number of alkyl halides is 3. The van der Waals surface area contributed by atoms with Crippen LogP contribution in [0.5, 0.6) is 0 Å². The van der Waals surface area contributed by atoms with E-state index in [2.05, 4.69) is 15.6 Å². The molecule has 1 amide bonds. The average Bonchev–Trinajstić information content (AvgIpc) is 3.21. The van der Waals surface area contributed by atoms with Gasteiger partial charge < -0.3 is 15.1 Å². The van der Waals surface area contributed by atoms with Gasteiger partial charge in [0, 0.05) is 5.69 Å². The molecule has 0 fully saturated rings. The first-order valence-electron chi connectivity index (χ1n) is 7.55. The van der Waals surface area contributed by atoms with Gasteiger partial charge in [0.1, 0.15) is 10.6 Å². The molecule has 0 bridgehead atoms. The van der Waals surface area contributed by atoms with Crippen LogP contribution < -0.4 is 10.6 Å². The minimum absolute atomic E-state index is 0.0720. The van der Waals surface area contributed by atoms with Gasteiger partial charge in [-0.2, -0.15) is 13.2 Å². The van der Waals surface area contributed by atoms with Crippen LogP contribution in [0.25, 0.3) is 0 Å². The van der Waals surface area contributed by atoms with E-state index in [4.69, 9.17) is 4.42 Å². The fraction of sp³-hybridized carbons (Fsp3) is 0.176. The molecule has 2 heterocycles. The maximum Gasteiger partial charge on any atom is 0.416 e. The molecule has 2 aromatic heterocycles. The molecule has 1 aromatic carbocycles. The maximum atomic E-state index is 12.8. The highest BCUT2D eigenvalue weighted by Crippen LogP contribution is 2.31. The van der Waals surface area contributed by atoms with Crippen molar-refractivity contribution in [1.82, 2.24) is 4.98 Å². The highest BCUT2D eigenvalue weighted by atomic mass is 32.1. The quantitative estimate of drug-likeness (QED) is 0.658. The molecule has 0 aliphatic rings. The number of benzene rings is 1. The van der Waals surface area contributed by atoms with Gasteiger partial charge in [-0.1, -0.05) is 17.4 Å². The van der Waals surface area contributed by atoms with Crippen LogP contribution in [0.1, 0.15) is 26.7 Å². The molecule has 0 saturated carbocycles. The third-order valence-corrected chi connectivity index (χ3v) is 4.56. The first-order valence-corrected chi connectivity index (χ1v) is 8.37. The van der Waals surface area contributed by atoms with Crippen LogP contribution in [0.4, 0.5) is 24.0 Å². The Labute approximate surface area is 150 Å². The molecule has 26 heavy (non-hydrogen) atoms. The van der Waals surface area contributed by atoms with Gasteiger partial charge in [-0.3, -0.25) is 4.79 Å². The van der Waals surface area contributed by atoms with Crippen molar-refractivity contribution in [3.8, 4) is 0 Å². The molecule has 136 valence electrons. The van der Waals surface area contributed by atoms with Crippen LogP contribution in [-0.2, 0) is 12.7 Å². The highest BCUT2D eigenvalue weighted by molar-refractivity contribution is 7.17. The van der Waals surface area contributed by atoms with Gasteiger partial charge in [-0.05, 0) is 37.3 Å². The SMILES string of the molecule is Cc1nc(NCc2ccco2)sc1C(=O)Nc1cccc(C(F)(F)F)c1. The standard InChI is InChI=1S/C17H14F3N3O2S/c1-10-14(26-16(22-10)21-9-13-6-3-7-25-13)15(24)23-12-5-2-4-11(8-12)17(18,19)20/h2-8H,9H2,1H3,(H,21,22)(H,23,24). The maximum absolute atomic E-state index is 12.8. The van der Waals surface area contributed by atoms with Crippen molar-refractivity contribution >= 4 is 28.1 Å². The number of furan rings is 1. The zero-order valence-corrected chi connectivity index (χ0v) is 14.4. The Bertz CT molecular complexity index is 904. The van der Waals surface area contributed by atoms with E-state index in [9.17, 15) is 18.0 Å². The fourth-order valence-electron chi connectivity index (χ4n) is 2.22. The van der Waals surface area contributed by atoms with E-state index in [1.165, 1.54) is 12.1 Å². The van der Waals surface area contributed by atoms with Crippen LogP contribution in [-0.4, -0.2) is 10.9 Å². The number of carbonyl (C=O) groups is 1. The lowest BCUT2D eigenvalue weighted by molar-refractivity contribution is -0.137. The van der Waals surface area contributed by atoms with E-state index in [1.54, 1.807) is 25.3 Å². The van der Waals surface area contributed by atoms with Crippen molar-refractivity contribution in [2.45, 2.75) is 19.6 Å². The number of halogens is 3. The zero-order valence-electron chi connectivity index (χ0n) is 13.6. The molecule has 0 saturated heterocycles. The summed E-state index contributed by atoms with van der Waals surface area (Å²) in [6.45, 7) is 2.07. The van der Waals surface area contributed by atoms with E-state index >= 15 is 0 Å². The average molecular weight is 381 g/mol. The van der Waals surface area contributed by atoms with Gasteiger partial charge in [-0.25, -0.2) is 4.98 Å². The largest absolute Gasteiger partial charge is 0.467 e. The molecule has 0 radical (unpaired) electrons. The number of aryl methyl sites for hydroxylation is 1. The summed E-state index contributed by atoms with van der Waals surface area (Å²) in [5, 5.41) is 6.04. The van der Waals surface area contributed by atoms with Crippen molar-refractivity contribution in [3.05, 3.63) is 64.6 Å². The Morgan fingerprint density at radius 1 is 1.27 bits per heavy atom. The van der Waals surface area contributed by atoms with E-state index in [1.807, 2.05) is 0 Å². The summed E-state index contributed by atoms with van der Waals surface area (Å²) in [5.74, 6) is 0.207. The summed E-state index contributed by atoms with van der Waals surface area (Å²) in [6.07, 6.45) is -2.91. The Morgan fingerprint density at radius 3 is 2.77 bits per heavy atom. The van der Waals surface area contributed by atoms with Crippen molar-refractivity contribution in [2.24, 2.45) is 0 Å². The molecule has 3 rings (SSSR count). The summed E-state index contributed by atoms with van der Waals surface area (Å²) in [6, 6.07) is 8.05. The molecule has 5 nitrogen and oxygen atoms in total. The minimum atomic E-state index is -4.47. The first kappa shape index (κ1) is 18.0. The Balaban J connectivity index is 1.70. The number of hydrogen-bond donors (Lipinski definition) is 2. The molecular formula is C17H14F3N3O2S. The first-order chi connectivity index (χ1) is 12.3. The number of nitrogens with one attached hydrogen (secondary N) is 2. The van der Waals surface area contributed by atoms with Gasteiger partial charge in [0.05, 0.1) is 24.1 Å². The summed E-state index contributed by atoms with van der Waals surface area (Å²) in [4.78, 5) is 17.0. The second-order valence-corrected chi connectivity index (χ2v) is 6.40. The molecule has 0 aliphatic heterocycles. The lowest BCUT2D eigenvalue weighted by Crippen LogP contribution is -2.13. The smallest absolute Gasteiger partial charge is 0.416 e. The highest BCUT2D eigenvalue weighted by Gasteiger charge is 2.30. The van der Waals surface area contributed by atoms with Crippen LogP contribution >= 0.6 is 11.3 Å². The van der Waals surface area contributed by atoms with Crippen LogP contribution in [0.3, 0.4) is 0 Å². The number of rotatable bonds is 5. The van der Waals surface area contributed by atoms with Gasteiger partial charge in [-0.15, -0.1) is 0 Å². The molecule has 0 atom stereocenters. The normalized spacial score (nSPS) is 11.4. The summed E-state index contributed by atoms with van der Waals surface area (Å²) in [7, 11) is 0. The molecule has 2 N–H and O–H groups in total. The van der Waals surface area contributed by atoms with Crippen molar-refractivity contribution in [3.63, 3.8) is 0 Å². The van der Waals surface area contributed by atoms with E-state index < -0.39 is 17.6 Å². The summed E-state index contributed by atoms with van der Waals surface area (Å²) >= 11 is 1.12. The molecular weight excluding hydrogens is 367 g/mol. The van der Waals surface area contributed by atoms with E-state index in [0.717, 1.165) is 23.5 Å². The molecule has 9 heteroatoms. The molecule has 0 unspecified atom stereocenters. The van der Waals surface area contributed by atoms with Crippen molar-refractivity contribution in [2.75, 3.05) is 10.6 Å².